The number of hydrogen-bond donors (Lipinski definition) is 2. The SMILES string of the molecule is C[C@@H](CC(=O)OC(C)(C)C)c1ccc(-c2ccc(N3CCCOCC3)cc2)cc1C(=N)C(N)=O. The first kappa shape index (κ1) is 25.4. The van der Waals surface area contributed by atoms with Crippen molar-refractivity contribution in [2.45, 2.75) is 52.1 Å². The maximum absolute atomic E-state index is 12.4. The van der Waals surface area contributed by atoms with Crippen LogP contribution >= 0.6 is 0 Å². The van der Waals surface area contributed by atoms with Gasteiger partial charge in [-0.2, -0.15) is 0 Å². The smallest absolute Gasteiger partial charge is 0.306 e. The summed E-state index contributed by atoms with van der Waals surface area (Å²) in [6.45, 7) is 10.7. The van der Waals surface area contributed by atoms with Crippen molar-refractivity contribution < 1.29 is 19.1 Å². The molecule has 7 heteroatoms. The topological polar surface area (TPSA) is 106 Å². The molecule has 3 N–H and O–H groups in total. The van der Waals surface area contributed by atoms with Crippen LogP contribution in [0.2, 0.25) is 0 Å². The average Bonchev–Trinajstić information content (AvgIpc) is 3.06. The van der Waals surface area contributed by atoms with E-state index in [1.54, 1.807) is 0 Å². The standard InChI is InChI=1S/C27H35N3O4/c1-18(16-24(31)34-27(2,3)4)22-11-8-20(17-23(22)25(28)26(29)32)19-6-9-21(10-7-19)30-12-5-14-33-15-13-30/h6-11,17-18,28H,5,12-16H2,1-4H3,(H2,29,32)/t18-/m0/s1. The lowest BCUT2D eigenvalue weighted by molar-refractivity contribution is -0.155. The Morgan fingerprint density at radius 3 is 2.41 bits per heavy atom. The van der Waals surface area contributed by atoms with Gasteiger partial charge in [0.15, 0.2) is 0 Å². The highest BCUT2D eigenvalue weighted by molar-refractivity contribution is 6.44. The van der Waals surface area contributed by atoms with Gasteiger partial charge in [-0.05, 0) is 68.0 Å². The number of anilines is 1. The number of nitrogens with two attached hydrogens (primary N) is 1. The number of hydrogen-bond acceptors (Lipinski definition) is 6. The van der Waals surface area contributed by atoms with Crippen molar-refractivity contribution in [1.29, 1.82) is 5.41 Å². The Bertz CT molecular complexity index is 1030. The summed E-state index contributed by atoms with van der Waals surface area (Å²) in [7, 11) is 0. The summed E-state index contributed by atoms with van der Waals surface area (Å²) in [5.74, 6) is -1.37. The third-order valence-electron chi connectivity index (χ3n) is 5.78. The van der Waals surface area contributed by atoms with Gasteiger partial charge in [0.05, 0.1) is 13.0 Å². The number of benzene rings is 2. The second kappa shape index (κ2) is 10.8. The van der Waals surface area contributed by atoms with E-state index in [1.807, 2.05) is 58.0 Å². The monoisotopic (exact) mass is 465 g/mol. The Morgan fingerprint density at radius 1 is 1.09 bits per heavy atom. The maximum atomic E-state index is 12.4. The summed E-state index contributed by atoms with van der Waals surface area (Å²) in [4.78, 5) is 26.5. The molecule has 0 aliphatic carbocycles. The van der Waals surface area contributed by atoms with Gasteiger partial charge in [0.1, 0.15) is 11.3 Å². The van der Waals surface area contributed by atoms with E-state index in [0.717, 1.165) is 55.1 Å². The summed E-state index contributed by atoms with van der Waals surface area (Å²) >= 11 is 0. The van der Waals surface area contributed by atoms with Gasteiger partial charge in [0.25, 0.3) is 5.91 Å². The highest BCUT2D eigenvalue weighted by Crippen LogP contribution is 2.30. The molecule has 0 aromatic heterocycles. The van der Waals surface area contributed by atoms with E-state index >= 15 is 0 Å². The van der Waals surface area contributed by atoms with Crippen molar-refractivity contribution in [3.05, 3.63) is 53.6 Å². The van der Waals surface area contributed by atoms with Crippen LogP contribution < -0.4 is 10.6 Å². The van der Waals surface area contributed by atoms with Gasteiger partial charge in [0.2, 0.25) is 0 Å². The molecular formula is C27H35N3O4. The third kappa shape index (κ3) is 6.67. The summed E-state index contributed by atoms with van der Waals surface area (Å²) < 4.78 is 11.0. The number of amides is 1. The van der Waals surface area contributed by atoms with Gasteiger partial charge in [-0.1, -0.05) is 31.2 Å². The minimum Gasteiger partial charge on any atom is -0.460 e. The van der Waals surface area contributed by atoms with Gasteiger partial charge in [-0.25, -0.2) is 0 Å². The van der Waals surface area contributed by atoms with Gasteiger partial charge in [0, 0.05) is 30.9 Å². The van der Waals surface area contributed by atoms with Gasteiger partial charge >= 0.3 is 5.97 Å². The van der Waals surface area contributed by atoms with Crippen molar-refractivity contribution in [2.24, 2.45) is 5.73 Å². The molecule has 1 aliphatic rings. The van der Waals surface area contributed by atoms with E-state index in [0.29, 0.717) is 5.56 Å². The van der Waals surface area contributed by atoms with Crippen LogP contribution in [0.5, 0.6) is 0 Å². The van der Waals surface area contributed by atoms with Gasteiger partial charge in [-0.3, -0.25) is 15.0 Å². The van der Waals surface area contributed by atoms with Crippen LogP contribution in [-0.2, 0) is 19.1 Å². The number of ether oxygens (including phenoxy) is 2. The minimum absolute atomic E-state index is 0.143. The molecule has 3 rings (SSSR count). The molecule has 1 amide bonds. The lowest BCUT2D eigenvalue weighted by atomic mass is 9.88. The Labute approximate surface area is 201 Å². The molecule has 0 radical (unpaired) electrons. The zero-order valence-corrected chi connectivity index (χ0v) is 20.5. The van der Waals surface area contributed by atoms with E-state index in [1.165, 1.54) is 0 Å². The van der Waals surface area contributed by atoms with Crippen molar-refractivity contribution in [3.63, 3.8) is 0 Å². The molecule has 182 valence electrons. The average molecular weight is 466 g/mol. The molecule has 2 aromatic carbocycles. The van der Waals surface area contributed by atoms with Crippen molar-refractivity contribution in [1.82, 2.24) is 0 Å². The van der Waals surface area contributed by atoms with Crippen molar-refractivity contribution in [3.8, 4) is 11.1 Å². The first-order valence-electron chi connectivity index (χ1n) is 11.7. The molecule has 0 spiro atoms. The molecule has 1 atom stereocenters. The summed E-state index contributed by atoms with van der Waals surface area (Å²) in [5.41, 5.74) is 8.76. The lowest BCUT2D eigenvalue weighted by Crippen LogP contribution is -2.26. The predicted octanol–water partition coefficient (Wildman–Crippen LogP) is 4.27. The second-order valence-corrected chi connectivity index (χ2v) is 9.73. The highest BCUT2D eigenvalue weighted by atomic mass is 16.6. The molecule has 0 unspecified atom stereocenters. The van der Waals surface area contributed by atoms with Crippen LogP contribution in [0.4, 0.5) is 5.69 Å². The summed E-state index contributed by atoms with van der Waals surface area (Å²) in [6, 6.07) is 13.9. The Balaban J connectivity index is 1.87. The zero-order chi connectivity index (χ0) is 24.9. The summed E-state index contributed by atoms with van der Waals surface area (Å²) in [5, 5.41) is 8.28. The first-order valence-corrected chi connectivity index (χ1v) is 11.7. The van der Waals surface area contributed by atoms with Gasteiger partial charge < -0.3 is 20.1 Å². The summed E-state index contributed by atoms with van der Waals surface area (Å²) in [6.07, 6.45) is 1.15. The van der Waals surface area contributed by atoms with Crippen LogP contribution in [0.1, 0.15) is 57.6 Å². The normalized spacial score (nSPS) is 15.4. The van der Waals surface area contributed by atoms with E-state index in [9.17, 15) is 9.59 Å². The van der Waals surface area contributed by atoms with E-state index in [4.69, 9.17) is 20.6 Å². The molecule has 1 fully saturated rings. The number of rotatable bonds is 7. The first-order chi connectivity index (χ1) is 16.0. The fourth-order valence-corrected chi connectivity index (χ4v) is 4.13. The number of carbonyl (C=O) groups is 2. The second-order valence-electron chi connectivity index (χ2n) is 9.73. The number of carbonyl (C=O) groups excluding carboxylic acids is 2. The molecule has 0 bridgehead atoms. The lowest BCUT2D eigenvalue weighted by Gasteiger charge is -2.23. The van der Waals surface area contributed by atoms with Crippen LogP contribution in [-0.4, -0.2) is 49.5 Å². The molecule has 1 aliphatic heterocycles. The minimum atomic E-state index is -0.804. The fourth-order valence-electron chi connectivity index (χ4n) is 4.13. The number of primary amides is 1. The van der Waals surface area contributed by atoms with Crippen LogP contribution in [0, 0.1) is 5.41 Å². The van der Waals surface area contributed by atoms with Crippen LogP contribution in [0.25, 0.3) is 11.1 Å². The molecule has 1 heterocycles. The molecular weight excluding hydrogens is 430 g/mol. The number of esters is 1. The number of nitrogens with zero attached hydrogens (tertiary/aromatic N) is 1. The van der Waals surface area contributed by atoms with Gasteiger partial charge in [-0.15, -0.1) is 0 Å². The molecule has 0 saturated carbocycles. The Kier molecular flexibility index (Phi) is 8.10. The fraction of sp³-hybridized carbons (Fsp3) is 0.444. The quantitative estimate of drug-likeness (QED) is 0.469. The maximum Gasteiger partial charge on any atom is 0.306 e. The van der Waals surface area contributed by atoms with E-state index in [-0.39, 0.29) is 24.0 Å². The van der Waals surface area contributed by atoms with Crippen molar-refractivity contribution >= 4 is 23.3 Å². The zero-order valence-electron chi connectivity index (χ0n) is 20.5. The van der Waals surface area contributed by atoms with E-state index < -0.39 is 11.5 Å². The van der Waals surface area contributed by atoms with Crippen LogP contribution in [0.15, 0.2) is 42.5 Å². The molecule has 7 nitrogen and oxygen atoms in total. The van der Waals surface area contributed by atoms with Crippen LogP contribution in [0.3, 0.4) is 0 Å². The Morgan fingerprint density at radius 2 is 1.76 bits per heavy atom. The largest absolute Gasteiger partial charge is 0.460 e. The number of nitrogens with one attached hydrogen (secondary N) is 1. The van der Waals surface area contributed by atoms with E-state index in [2.05, 4.69) is 17.0 Å². The third-order valence-corrected chi connectivity index (χ3v) is 5.78. The molecule has 2 aromatic rings. The molecule has 1 saturated heterocycles. The van der Waals surface area contributed by atoms with Crippen molar-refractivity contribution in [2.75, 3.05) is 31.2 Å². The highest BCUT2D eigenvalue weighted by Gasteiger charge is 2.23. The predicted molar refractivity (Wildman–Crippen MR) is 134 cm³/mol. The Hall–Kier alpha value is -3.19. The molecule has 34 heavy (non-hydrogen) atoms.